The molecule has 0 aromatic carbocycles. The van der Waals surface area contributed by atoms with Crippen molar-refractivity contribution in [2.24, 2.45) is 0 Å². The van der Waals surface area contributed by atoms with Gasteiger partial charge < -0.3 is 5.11 Å². The fourth-order valence-corrected chi connectivity index (χ4v) is 2.17. The molecular formula is C13H15N3O2. The second-order valence-corrected chi connectivity index (χ2v) is 4.07. The van der Waals surface area contributed by atoms with Crippen LogP contribution in [-0.2, 0) is 6.54 Å². The molecule has 0 saturated heterocycles. The average molecular weight is 245 g/mol. The van der Waals surface area contributed by atoms with Gasteiger partial charge in [-0.1, -0.05) is 6.07 Å². The third-order valence-electron chi connectivity index (χ3n) is 2.96. The fraction of sp³-hybridized carbons (Fsp3) is 0.308. The van der Waals surface area contributed by atoms with Gasteiger partial charge in [-0.25, -0.2) is 9.78 Å². The third-order valence-corrected chi connectivity index (χ3v) is 2.96. The van der Waals surface area contributed by atoms with Crippen LogP contribution in [0.3, 0.4) is 0 Å². The van der Waals surface area contributed by atoms with Gasteiger partial charge in [0.15, 0.2) is 5.69 Å². The van der Waals surface area contributed by atoms with Crippen molar-refractivity contribution < 1.29 is 9.90 Å². The van der Waals surface area contributed by atoms with Crippen molar-refractivity contribution >= 4 is 5.97 Å². The SMILES string of the molecule is CCn1nc(C)c(-c2cccnc2C(=O)O)c1C. The van der Waals surface area contributed by atoms with E-state index in [0.717, 1.165) is 23.5 Å². The molecule has 0 atom stereocenters. The van der Waals surface area contributed by atoms with Crippen molar-refractivity contribution in [1.29, 1.82) is 0 Å². The van der Waals surface area contributed by atoms with Crippen LogP contribution >= 0.6 is 0 Å². The highest BCUT2D eigenvalue weighted by Gasteiger charge is 2.19. The lowest BCUT2D eigenvalue weighted by Gasteiger charge is -2.06. The van der Waals surface area contributed by atoms with E-state index in [9.17, 15) is 9.90 Å². The van der Waals surface area contributed by atoms with Gasteiger partial charge in [0.05, 0.1) is 5.69 Å². The summed E-state index contributed by atoms with van der Waals surface area (Å²) in [6.45, 7) is 6.59. The lowest BCUT2D eigenvalue weighted by molar-refractivity contribution is 0.0691. The zero-order valence-corrected chi connectivity index (χ0v) is 10.6. The van der Waals surface area contributed by atoms with E-state index in [1.54, 1.807) is 12.1 Å². The van der Waals surface area contributed by atoms with E-state index >= 15 is 0 Å². The molecule has 0 aliphatic rings. The first kappa shape index (κ1) is 12.3. The number of hydrogen-bond acceptors (Lipinski definition) is 3. The Morgan fingerprint density at radius 2 is 2.17 bits per heavy atom. The molecule has 0 aliphatic carbocycles. The Balaban J connectivity index is 2.69. The van der Waals surface area contributed by atoms with Gasteiger partial charge in [-0.05, 0) is 26.8 Å². The highest BCUT2D eigenvalue weighted by molar-refractivity contribution is 5.94. The lowest BCUT2D eigenvalue weighted by atomic mass is 10.0. The van der Waals surface area contributed by atoms with Crippen LogP contribution in [0.2, 0.25) is 0 Å². The summed E-state index contributed by atoms with van der Waals surface area (Å²) in [5.74, 6) is -1.02. The molecule has 1 N–H and O–H groups in total. The minimum absolute atomic E-state index is 0.0688. The lowest BCUT2D eigenvalue weighted by Crippen LogP contribution is -2.03. The van der Waals surface area contributed by atoms with E-state index in [2.05, 4.69) is 10.1 Å². The smallest absolute Gasteiger partial charge is 0.355 e. The van der Waals surface area contributed by atoms with Crippen LogP contribution in [0.4, 0.5) is 0 Å². The molecule has 94 valence electrons. The molecular weight excluding hydrogens is 230 g/mol. The predicted molar refractivity (Wildman–Crippen MR) is 67.6 cm³/mol. The van der Waals surface area contributed by atoms with Crippen molar-refractivity contribution in [1.82, 2.24) is 14.8 Å². The second kappa shape index (κ2) is 4.60. The standard InChI is InChI=1S/C13H15N3O2/c1-4-16-9(3)11(8(2)15-16)10-6-5-7-14-12(10)13(17)18/h5-7H,4H2,1-3H3,(H,17,18). The molecule has 0 saturated carbocycles. The highest BCUT2D eigenvalue weighted by atomic mass is 16.4. The molecule has 2 aromatic heterocycles. The first-order valence-corrected chi connectivity index (χ1v) is 5.79. The van der Waals surface area contributed by atoms with Gasteiger partial charge in [0.25, 0.3) is 0 Å². The summed E-state index contributed by atoms with van der Waals surface area (Å²) in [4.78, 5) is 15.1. The molecule has 5 nitrogen and oxygen atoms in total. The van der Waals surface area contributed by atoms with Crippen LogP contribution in [-0.4, -0.2) is 25.8 Å². The Labute approximate surface area is 105 Å². The number of aryl methyl sites for hydroxylation is 2. The van der Waals surface area contributed by atoms with Crippen molar-refractivity contribution in [2.45, 2.75) is 27.3 Å². The molecule has 0 unspecified atom stereocenters. The van der Waals surface area contributed by atoms with Crippen LogP contribution in [0.5, 0.6) is 0 Å². The maximum absolute atomic E-state index is 11.2. The van der Waals surface area contributed by atoms with Crippen LogP contribution in [0.1, 0.15) is 28.8 Å². The first-order valence-electron chi connectivity index (χ1n) is 5.79. The minimum Gasteiger partial charge on any atom is -0.476 e. The van der Waals surface area contributed by atoms with E-state index in [4.69, 9.17) is 0 Å². The maximum atomic E-state index is 11.2. The number of carbonyl (C=O) groups is 1. The Morgan fingerprint density at radius 3 is 2.72 bits per heavy atom. The normalized spacial score (nSPS) is 10.6. The minimum atomic E-state index is -1.02. The highest BCUT2D eigenvalue weighted by Crippen LogP contribution is 2.28. The van der Waals surface area contributed by atoms with Gasteiger partial charge in [0, 0.05) is 29.6 Å². The van der Waals surface area contributed by atoms with Crippen LogP contribution in [0.25, 0.3) is 11.1 Å². The zero-order valence-electron chi connectivity index (χ0n) is 10.6. The van der Waals surface area contributed by atoms with Crippen molar-refractivity contribution in [3.8, 4) is 11.1 Å². The summed E-state index contributed by atoms with van der Waals surface area (Å²) in [6.07, 6.45) is 1.49. The number of pyridine rings is 1. The van der Waals surface area contributed by atoms with Gasteiger partial charge in [-0.15, -0.1) is 0 Å². The predicted octanol–water partition coefficient (Wildman–Crippen LogP) is 2.28. The Kier molecular flexibility index (Phi) is 3.14. The molecule has 0 bridgehead atoms. The second-order valence-electron chi connectivity index (χ2n) is 4.07. The summed E-state index contributed by atoms with van der Waals surface area (Å²) >= 11 is 0. The van der Waals surface area contributed by atoms with Crippen molar-refractivity contribution in [3.63, 3.8) is 0 Å². The largest absolute Gasteiger partial charge is 0.476 e. The van der Waals surface area contributed by atoms with E-state index in [0.29, 0.717) is 5.56 Å². The van der Waals surface area contributed by atoms with E-state index in [-0.39, 0.29) is 5.69 Å². The summed E-state index contributed by atoms with van der Waals surface area (Å²) in [5, 5.41) is 13.6. The van der Waals surface area contributed by atoms with Crippen LogP contribution in [0, 0.1) is 13.8 Å². The fourth-order valence-electron chi connectivity index (χ4n) is 2.17. The van der Waals surface area contributed by atoms with Crippen molar-refractivity contribution in [2.75, 3.05) is 0 Å². The summed E-state index contributed by atoms with van der Waals surface area (Å²) in [7, 11) is 0. The molecule has 5 heteroatoms. The molecule has 0 aliphatic heterocycles. The van der Waals surface area contributed by atoms with Crippen LogP contribution < -0.4 is 0 Å². The first-order chi connectivity index (χ1) is 8.56. The van der Waals surface area contributed by atoms with Crippen LogP contribution in [0.15, 0.2) is 18.3 Å². The third kappa shape index (κ3) is 1.88. The maximum Gasteiger partial charge on any atom is 0.355 e. The molecule has 0 amide bonds. The van der Waals surface area contributed by atoms with E-state index in [1.165, 1.54) is 6.20 Å². The Bertz CT molecular complexity index is 602. The number of carboxylic acid groups (broad SMARTS) is 1. The number of aromatic carboxylic acids is 1. The van der Waals surface area contributed by atoms with Gasteiger partial charge in [-0.3, -0.25) is 4.68 Å². The molecule has 0 fully saturated rings. The molecule has 0 radical (unpaired) electrons. The van der Waals surface area contributed by atoms with Gasteiger partial charge in [0.2, 0.25) is 0 Å². The number of carboxylic acids is 1. The van der Waals surface area contributed by atoms with E-state index < -0.39 is 5.97 Å². The number of nitrogens with zero attached hydrogens (tertiary/aromatic N) is 3. The molecule has 18 heavy (non-hydrogen) atoms. The number of aromatic nitrogens is 3. The summed E-state index contributed by atoms with van der Waals surface area (Å²) in [6, 6.07) is 3.51. The quantitative estimate of drug-likeness (QED) is 0.900. The number of hydrogen-bond donors (Lipinski definition) is 1. The molecule has 2 rings (SSSR count). The Morgan fingerprint density at radius 1 is 1.44 bits per heavy atom. The molecule has 0 spiro atoms. The Hall–Kier alpha value is -2.17. The topological polar surface area (TPSA) is 68.0 Å². The van der Waals surface area contributed by atoms with Gasteiger partial charge in [0.1, 0.15) is 0 Å². The molecule has 2 heterocycles. The summed E-state index contributed by atoms with van der Waals surface area (Å²) < 4.78 is 1.86. The monoisotopic (exact) mass is 245 g/mol. The summed E-state index contributed by atoms with van der Waals surface area (Å²) in [5.41, 5.74) is 3.34. The van der Waals surface area contributed by atoms with Gasteiger partial charge >= 0.3 is 5.97 Å². The molecule has 2 aromatic rings. The van der Waals surface area contributed by atoms with Gasteiger partial charge in [-0.2, -0.15) is 5.10 Å². The number of rotatable bonds is 3. The average Bonchev–Trinajstić information content (AvgIpc) is 2.64. The van der Waals surface area contributed by atoms with Crippen molar-refractivity contribution in [3.05, 3.63) is 35.4 Å². The zero-order chi connectivity index (χ0) is 13.3. The van der Waals surface area contributed by atoms with E-state index in [1.807, 2.05) is 25.5 Å².